The van der Waals surface area contributed by atoms with Gasteiger partial charge in [0.05, 0.1) is 0 Å². The van der Waals surface area contributed by atoms with E-state index in [2.05, 4.69) is 24.1 Å². The number of aryl methyl sites for hydroxylation is 1. The van der Waals surface area contributed by atoms with Crippen molar-refractivity contribution in [3.8, 4) is 0 Å². The monoisotopic (exact) mass is 309 g/mol. The SMILES string of the molecule is CCCc1nc(Cl)c(C)c(NC(CC)C2CCCCC2)n1. The summed E-state index contributed by atoms with van der Waals surface area (Å²) in [7, 11) is 0. The Morgan fingerprint density at radius 2 is 1.90 bits per heavy atom. The molecule has 1 fully saturated rings. The third-order valence-corrected chi connectivity index (χ3v) is 4.96. The first-order valence-electron chi connectivity index (χ1n) is 8.45. The summed E-state index contributed by atoms with van der Waals surface area (Å²) < 4.78 is 0. The topological polar surface area (TPSA) is 37.8 Å². The molecule has 118 valence electrons. The van der Waals surface area contributed by atoms with E-state index in [9.17, 15) is 0 Å². The summed E-state index contributed by atoms with van der Waals surface area (Å²) in [5.74, 6) is 2.57. The first-order valence-corrected chi connectivity index (χ1v) is 8.83. The van der Waals surface area contributed by atoms with Crippen molar-refractivity contribution in [3.63, 3.8) is 0 Å². The highest BCUT2D eigenvalue weighted by Gasteiger charge is 2.23. The van der Waals surface area contributed by atoms with Crippen molar-refractivity contribution in [1.29, 1.82) is 0 Å². The molecule has 2 rings (SSSR count). The zero-order valence-corrected chi connectivity index (χ0v) is 14.3. The Hall–Kier alpha value is -0.830. The van der Waals surface area contributed by atoms with Crippen LogP contribution in [0.2, 0.25) is 5.15 Å². The fourth-order valence-corrected chi connectivity index (χ4v) is 3.46. The molecule has 1 heterocycles. The predicted molar refractivity (Wildman–Crippen MR) is 90.1 cm³/mol. The van der Waals surface area contributed by atoms with Gasteiger partial charge in [0, 0.05) is 18.0 Å². The number of rotatable bonds is 6. The minimum atomic E-state index is 0.504. The Morgan fingerprint density at radius 1 is 1.19 bits per heavy atom. The van der Waals surface area contributed by atoms with E-state index >= 15 is 0 Å². The van der Waals surface area contributed by atoms with E-state index in [4.69, 9.17) is 16.6 Å². The average Bonchev–Trinajstić information content (AvgIpc) is 2.50. The second-order valence-corrected chi connectivity index (χ2v) is 6.57. The van der Waals surface area contributed by atoms with Crippen LogP contribution in [-0.4, -0.2) is 16.0 Å². The van der Waals surface area contributed by atoms with Gasteiger partial charge >= 0.3 is 0 Å². The molecule has 4 heteroatoms. The molecule has 0 spiro atoms. The van der Waals surface area contributed by atoms with Gasteiger partial charge in [-0.25, -0.2) is 9.97 Å². The molecule has 0 aromatic carbocycles. The van der Waals surface area contributed by atoms with Crippen molar-refractivity contribution < 1.29 is 0 Å². The number of halogens is 1. The molecule has 1 aliphatic rings. The third kappa shape index (κ3) is 4.32. The zero-order valence-electron chi connectivity index (χ0n) is 13.6. The summed E-state index contributed by atoms with van der Waals surface area (Å²) in [5.41, 5.74) is 0.978. The number of nitrogens with zero attached hydrogens (tertiary/aromatic N) is 2. The van der Waals surface area contributed by atoms with Crippen LogP contribution >= 0.6 is 11.6 Å². The van der Waals surface area contributed by atoms with Crippen LogP contribution in [0, 0.1) is 12.8 Å². The molecule has 1 N–H and O–H groups in total. The van der Waals surface area contributed by atoms with Gasteiger partial charge in [0.25, 0.3) is 0 Å². The third-order valence-electron chi connectivity index (χ3n) is 4.59. The Labute approximate surface area is 133 Å². The van der Waals surface area contributed by atoms with Crippen molar-refractivity contribution in [1.82, 2.24) is 9.97 Å². The smallest absolute Gasteiger partial charge is 0.137 e. The summed E-state index contributed by atoms with van der Waals surface area (Å²) in [4.78, 5) is 9.08. The molecular weight excluding hydrogens is 282 g/mol. The number of hydrogen-bond donors (Lipinski definition) is 1. The molecule has 1 aliphatic carbocycles. The van der Waals surface area contributed by atoms with Gasteiger partial charge in [-0.15, -0.1) is 0 Å². The largest absolute Gasteiger partial charge is 0.367 e. The van der Waals surface area contributed by atoms with Crippen LogP contribution in [-0.2, 0) is 6.42 Å². The van der Waals surface area contributed by atoms with E-state index in [0.717, 1.165) is 42.4 Å². The van der Waals surface area contributed by atoms with Crippen LogP contribution < -0.4 is 5.32 Å². The summed E-state index contributed by atoms with van der Waals surface area (Å²) >= 11 is 6.28. The van der Waals surface area contributed by atoms with E-state index in [1.807, 2.05) is 6.92 Å². The average molecular weight is 310 g/mol. The van der Waals surface area contributed by atoms with Gasteiger partial charge in [0.1, 0.15) is 16.8 Å². The lowest BCUT2D eigenvalue weighted by atomic mass is 9.83. The zero-order chi connectivity index (χ0) is 15.2. The molecule has 0 saturated heterocycles. The van der Waals surface area contributed by atoms with Gasteiger partial charge in [-0.05, 0) is 38.5 Å². The Balaban J connectivity index is 2.15. The maximum absolute atomic E-state index is 6.28. The van der Waals surface area contributed by atoms with Gasteiger partial charge in [0.15, 0.2) is 0 Å². The number of nitrogens with one attached hydrogen (secondary N) is 1. The quantitative estimate of drug-likeness (QED) is 0.737. The summed E-state index contributed by atoms with van der Waals surface area (Å²) in [6.45, 7) is 6.41. The van der Waals surface area contributed by atoms with Crippen LogP contribution in [0.5, 0.6) is 0 Å². The van der Waals surface area contributed by atoms with E-state index < -0.39 is 0 Å². The van der Waals surface area contributed by atoms with Crippen LogP contribution in [0.25, 0.3) is 0 Å². The van der Waals surface area contributed by atoms with Crippen molar-refractivity contribution >= 4 is 17.4 Å². The number of anilines is 1. The Morgan fingerprint density at radius 3 is 2.52 bits per heavy atom. The van der Waals surface area contributed by atoms with E-state index in [1.54, 1.807) is 0 Å². The lowest BCUT2D eigenvalue weighted by Gasteiger charge is -2.31. The fraction of sp³-hybridized carbons (Fsp3) is 0.765. The molecule has 3 nitrogen and oxygen atoms in total. The normalized spacial score (nSPS) is 17.7. The molecule has 0 bridgehead atoms. The molecule has 1 unspecified atom stereocenters. The molecule has 1 atom stereocenters. The van der Waals surface area contributed by atoms with Gasteiger partial charge in [0.2, 0.25) is 0 Å². The maximum Gasteiger partial charge on any atom is 0.137 e. The maximum atomic E-state index is 6.28. The first-order chi connectivity index (χ1) is 10.2. The Kier molecular flexibility index (Phi) is 6.28. The lowest BCUT2D eigenvalue weighted by Crippen LogP contribution is -2.31. The van der Waals surface area contributed by atoms with Crippen LogP contribution in [0.4, 0.5) is 5.82 Å². The molecular formula is C17H28ClN3. The predicted octanol–water partition coefficient (Wildman–Crippen LogP) is 5.16. The minimum absolute atomic E-state index is 0.504. The van der Waals surface area contributed by atoms with Gasteiger partial charge in [-0.2, -0.15) is 0 Å². The second kappa shape index (κ2) is 7.98. The highest BCUT2D eigenvalue weighted by atomic mass is 35.5. The van der Waals surface area contributed by atoms with Gasteiger partial charge in [-0.3, -0.25) is 0 Å². The first kappa shape index (κ1) is 16.5. The van der Waals surface area contributed by atoms with Crippen molar-refractivity contribution in [3.05, 3.63) is 16.5 Å². The van der Waals surface area contributed by atoms with E-state index in [1.165, 1.54) is 32.1 Å². The molecule has 0 radical (unpaired) electrons. The van der Waals surface area contributed by atoms with Crippen molar-refractivity contribution in [2.45, 2.75) is 78.2 Å². The van der Waals surface area contributed by atoms with Gasteiger partial charge < -0.3 is 5.32 Å². The van der Waals surface area contributed by atoms with Crippen molar-refractivity contribution in [2.75, 3.05) is 5.32 Å². The van der Waals surface area contributed by atoms with Crippen LogP contribution in [0.1, 0.15) is 70.2 Å². The molecule has 21 heavy (non-hydrogen) atoms. The second-order valence-electron chi connectivity index (χ2n) is 6.21. The number of hydrogen-bond acceptors (Lipinski definition) is 3. The van der Waals surface area contributed by atoms with Crippen LogP contribution in [0.15, 0.2) is 0 Å². The molecule has 0 amide bonds. The molecule has 1 aromatic heterocycles. The molecule has 1 saturated carbocycles. The molecule has 1 aromatic rings. The highest BCUT2D eigenvalue weighted by molar-refractivity contribution is 6.30. The van der Waals surface area contributed by atoms with Crippen LogP contribution in [0.3, 0.4) is 0 Å². The minimum Gasteiger partial charge on any atom is -0.367 e. The standard InChI is InChI=1S/C17H28ClN3/c1-4-9-15-20-16(18)12(3)17(21-15)19-14(5-2)13-10-7-6-8-11-13/h13-14H,4-11H2,1-3H3,(H,19,20,21). The fourth-order valence-electron chi connectivity index (χ4n) is 3.27. The lowest BCUT2D eigenvalue weighted by molar-refractivity contribution is 0.312. The Bertz CT molecular complexity index is 456. The van der Waals surface area contributed by atoms with Crippen molar-refractivity contribution in [2.24, 2.45) is 5.92 Å². The van der Waals surface area contributed by atoms with E-state index in [0.29, 0.717) is 11.2 Å². The summed E-state index contributed by atoms with van der Waals surface area (Å²) in [6.07, 6.45) is 9.87. The molecule has 0 aliphatic heterocycles. The summed E-state index contributed by atoms with van der Waals surface area (Å²) in [5, 5.41) is 4.26. The number of aromatic nitrogens is 2. The highest BCUT2D eigenvalue weighted by Crippen LogP contribution is 2.30. The summed E-state index contributed by atoms with van der Waals surface area (Å²) in [6, 6.07) is 0.504. The van der Waals surface area contributed by atoms with E-state index in [-0.39, 0.29) is 0 Å². The van der Waals surface area contributed by atoms with Gasteiger partial charge in [-0.1, -0.05) is 44.7 Å².